The predicted molar refractivity (Wildman–Crippen MR) is 148 cm³/mol. The molecule has 3 aromatic carbocycles. The minimum atomic E-state index is -0.638. The lowest BCUT2D eigenvalue weighted by Crippen LogP contribution is -2.37. The van der Waals surface area contributed by atoms with Gasteiger partial charge in [-0.2, -0.15) is 20.1 Å². The maximum absolute atomic E-state index is 12.5. The summed E-state index contributed by atoms with van der Waals surface area (Å²) in [6, 6.07) is 21.5. The molecule has 40 heavy (non-hydrogen) atoms. The Morgan fingerprint density at radius 1 is 0.975 bits per heavy atom. The molecule has 0 radical (unpaired) electrons. The van der Waals surface area contributed by atoms with Gasteiger partial charge in [0, 0.05) is 30.9 Å². The molecule has 0 atom stereocenters. The van der Waals surface area contributed by atoms with Crippen LogP contribution in [-0.2, 0) is 4.74 Å². The summed E-state index contributed by atoms with van der Waals surface area (Å²) in [5, 5.41) is 18.3. The van der Waals surface area contributed by atoms with Crippen molar-refractivity contribution in [2.45, 2.75) is 0 Å². The van der Waals surface area contributed by atoms with Crippen LogP contribution in [0.5, 0.6) is 5.75 Å². The first-order chi connectivity index (χ1) is 19.5. The number of morpholine rings is 1. The molecule has 4 aromatic rings. The van der Waals surface area contributed by atoms with Crippen LogP contribution < -0.4 is 20.4 Å². The molecular formula is C27H24N8O5. The highest BCUT2D eigenvalue weighted by Gasteiger charge is 2.17. The normalized spacial score (nSPS) is 13.2. The fourth-order valence-corrected chi connectivity index (χ4v) is 3.73. The average Bonchev–Trinajstić information content (AvgIpc) is 2.98. The number of aromatic nitrogens is 3. The maximum atomic E-state index is 12.5. The van der Waals surface area contributed by atoms with Crippen molar-refractivity contribution in [1.29, 1.82) is 0 Å². The second kappa shape index (κ2) is 12.4. The third-order valence-electron chi connectivity index (χ3n) is 5.71. The van der Waals surface area contributed by atoms with Crippen molar-refractivity contribution < 1.29 is 19.2 Å². The van der Waals surface area contributed by atoms with E-state index in [1.54, 1.807) is 24.3 Å². The minimum Gasteiger partial charge on any atom is -0.423 e. The number of hydrogen-bond acceptors (Lipinski definition) is 12. The van der Waals surface area contributed by atoms with Crippen LogP contribution in [-0.4, -0.2) is 58.4 Å². The molecule has 0 spiro atoms. The molecule has 0 aliphatic carbocycles. The summed E-state index contributed by atoms with van der Waals surface area (Å²) in [6.45, 7) is 2.48. The van der Waals surface area contributed by atoms with E-state index in [1.165, 1.54) is 30.5 Å². The Balaban J connectivity index is 1.28. The summed E-state index contributed by atoms with van der Waals surface area (Å²) in [4.78, 5) is 38.3. The second-order valence-corrected chi connectivity index (χ2v) is 8.51. The highest BCUT2D eigenvalue weighted by molar-refractivity contribution is 5.91. The Morgan fingerprint density at radius 2 is 1.73 bits per heavy atom. The van der Waals surface area contributed by atoms with Gasteiger partial charge in [0.25, 0.3) is 5.69 Å². The van der Waals surface area contributed by atoms with Crippen molar-refractivity contribution >= 4 is 41.4 Å². The number of nitrogens with zero attached hydrogens (tertiary/aromatic N) is 6. The highest BCUT2D eigenvalue weighted by Crippen LogP contribution is 2.19. The van der Waals surface area contributed by atoms with Gasteiger partial charge in [0.15, 0.2) is 0 Å². The molecule has 0 unspecified atom stereocenters. The lowest BCUT2D eigenvalue weighted by Gasteiger charge is -2.27. The number of nitrogens with one attached hydrogen (secondary N) is 2. The first-order valence-corrected chi connectivity index (χ1v) is 12.3. The molecule has 5 rings (SSSR count). The number of carbonyl (C=O) groups is 1. The van der Waals surface area contributed by atoms with Crippen LogP contribution in [0.25, 0.3) is 0 Å². The highest BCUT2D eigenvalue weighted by atomic mass is 16.6. The molecule has 0 bridgehead atoms. The number of carbonyl (C=O) groups excluding carboxylic acids is 1. The van der Waals surface area contributed by atoms with Crippen molar-refractivity contribution in [2.24, 2.45) is 5.10 Å². The molecule has 2 heterocycles. The molecule has 1 saturated heterocycles. The van der Waals surface area contributed by atoms with Crippen molar-refractivity contribution in [2.75, 3.05) is 41.9 Å². The van der Waals surface area contributed by atoms with Gasteiger partial charge in [0.05, 0.1) is 29.9 Å². The van der Waals surface area contributed by atoms with E-state index in [0.29, 0.717) is 43.8 Å². The second-order valence-electron chi connectivity index (χ2n) is 8.51. The monoisotopic (exact) mass is 540 g/mol. The fourth-order valence-electron chi connectivity index (χ4n) is 3.73. The molecule has 1 aliphatic rings. The lowest BCUT2D eigenvalue weighted by molar-refractivity contribution is -0.384. The molecule has 0 amide bonds. The topological polar surface area (TPSA) is 157 Å². The number of anilines is 4. The number of esters is 1. The van der Waals surface area contributed by atoms with Gasteiger partial charge in [-0.25, -0.2) is 10.2 Å². The molecule has 0 saturated carbocycles. The predicted octanol–water partition coefficient (Wildman–Crippen LogP) is 4.03. The molecule has 13 heteroatoms. The van der Waals surface area contributed by atoms with Crippen LogP contribution >= 0.6 is 0 Å². The Hall–Kier alpha value is -5.43. The van der Waals surface area contributed by atoms with Gasteiger partial charge in [0.1, 0.15) is 5.75 Å². The van der Waals surface area contributed by atoms with Crippen LogP contribution in [0.2, 0.25) is 0 Å². The first-order valence-electron chi connectivity index (χ1n) is 12.3. The number of ether oxygens (including phenoxy) is 2. The van der Waals surface area contributed by atoms with Crippen LogP contribution in [0, 0.1) is 10.1 Å². The Bertz CT molecular complexity index is 1510. The zero-order valence-corrected chi connectivity index (χ0v) is 21.1. The molecule has 2 N–H and O–H groups in total. The van der Waals surface area contributed by atoms with E-state index >= 15 is 0 Å². The van der Waals surface area contributed by atoms with E-state index in [1.807, 2.05) is 35.2 Å². The summed E-state index contributed by atoms with van der Waals surface area (Å²) >= 11 is 0. The first kappa shape index (κ1) is 26.2. The Labute approximate surface area is 228 Å². The van der Waals surface area contributed by atoms with Crippen molar-refractivity contribution in [3.05, 3.63) is 100 Å². The number of non-ortho nitro benzene ring substituents is 1. The average molecular weight is 541 g/mol. The summed E-state index contributed by atoms with van der Waals surface area (Å²) in [5.41, 5.74) is 4.40. The van der Waals surface area contributed by atoms with Crippen LogP contribution in [0.1, 0.15) is 15.9 Å². The fraction of sp³-hybridized carbons (Fsp3) is 0.148. The van der Waals surface area contributed by atoms with E-state index in [9.17, 15) is 14.9 Å². The number of para-hydroxylation sites is 1. The van der Waals surface area contributed by atoms with Crippen molar-refractivity contribution in [3.8, 4) is 5.75 Å². The van der Waals surface area contributed by atoms with Crippen LogP contribution in [0.3, 0.4) is 0 Å². The summed E-state index contributed by atoms with van der Waals surface area (Å²) in [5.74, 6) is 0.750. The van der Waals surface area contributed by atoms with Crippen LogP contribution in [0.4, 0.5) is 29.2 Å². The standard InChI is InChI=1S/C27H24N8O5/c36-24(20-9-11-22(12-10-20)35(37)38)40-23-8-4-5-19(17-23)18-28-33-26-30-25(29-21-6-2-1-3-7-21)31-27(32-26)34-13-15-39-16-14-34/h1-12,17-18H,13-16H2,(H2,29,30,31,32,33)/b28-18-. The maximum Gasteiger partial charge on any atom is 0.343 e. The zero-order chi connectivity index (χ0) is 27.7. The van der Waals surface area contributed by atoms with E-state index in [4.69, 9.17) is 9.47 Å². The Morgan fingerprint density at radius 3 is 2.48 bits per heavy atom. The largest absolute Gasteiger partial charge is 0.423 e. The SMILES string of the molecule is O=C(Oc1cccc(/C=N\Nc2nc(Nc3ccccc3)nc(N3CCOCC3)n2)c1)c1ccc([N+](=O)[O-])cc1. The molecular weight excluding hydrogens is 516 g/mol. The van der Waals surface area contributed by atoms with Crippen molar-refractivity contribution in [1.82, 2.24) is 15.0 Å². The van der Waals surface area contributed by atoms with Gasteiger partial charge in [-0.15, -0.1) is 0 Å². The third kappa shape index (κ3) is 6.90. The van der Waals surface area contributed by atoms with Gasteiger partial charge in [-0.3, -0.25) is 10.1 Å². The van der Waals surface area contributed by atoms with E-state index < -0.39 is 10.9 Å². The smallest absolute Gasteiger partial charge is 0.343 e. The van der Waals surface area contributed by atoms with Gasteiger partial charge >= 0.3 is 5.97 Å². The molecule has 1 aliphatic heterocycles. The van der Waals surface area contributed by atoms with Gasteiger partial charge in [-0.1, -0.05) is 30.3 Å². The number of benzene rings is 3. The quantitative estimate of drug-likeness (QED) is 0.104. The number of hydrogen-bond donors (Lipinski definition) is 2. The van der Waals surface area contributed by atoms with Crippen LogP contribution in [0.15, 0.2) is 84.0 Å². The van der Waals surface area contributed by atoms with E-state index in [2.05, 4.69) is 30.8 Å². The van der Waals surface area contributed by atoms with E-state index in [-0.39, 0.29) is 22.9 Å². The number of nitro groups is 1. The Kier molecular flexibility index (Phi) is 8.12. The summed E-state index contributed by atoms with van der Waals surface area (Å²) in [6.07, 6.45) is 1.53. The molecule has 1 aromatic heterocycles. The lowest BCUT2D eigenvalue weighted by atomic mass is 10.2. The van der Waals surface area contributed by atoms with Crippen molar-refractivity contribution in [3.63, 3.8) is 0 Å². The molecule has 1 fully saturated rings. The summed E-state index contributed by atoms with van der Waals surface area (Å²) in [7, 11) is 0. The van der Waals surface area contributed by atoms with E-state index in [0.717, 1.165) is 5.69 Å². The number of nitro benzene ring substituents is 1. The minimum absolute atomic E-state index is 0.111. The zero-order valence-electron chi connectivity index (χ0n) is 21.1. The molecule has 202 valence electrons. The number of rotatable bonds is 9. The number of hydrazone groups is 1. The summed E-state index contributed by atoms with van der Waals surface area (Å²) < 4.78 is 10.9. The van der Waals surface area contributed by atoms with Gasteiger partial charge in [-0.05, 0) is 42.0 Å². The van der Waals surface area contributed by atoms with Gasteiger partial charge < -0.3 is 19.7 Å². The third-order valence-corrected chi connectivity index (χ3v) is 5.71. The van der Waals surface area contributed by atoms with Gasteiger partial charge in [0.2, 0.25) is 17.8 Å². The molecule has 13 nitrogen and oxygen atoms in total.